The van der Waals surface area contributed by atoms with Gasteiger partial charge in [-0.2, -0.15) is 9.97 Å². The van der Waals surface area contributed by atoms with Crippen LogP contribution in [0.4, 0.5) is 11.4 Å². The molecule has 4 rings (SSSR count). The Labute approximate surface area is 412 Å². The molecule has 2 unspecified atom stereocenters. The Morgan fingerprint density at radius 3 is 1.33 bits per heavy atom. The highest BCUT2D eigenvalue weighted by atomic mass is 35.5. The fourth-order valence-electron chi connectivity index (χ4n) is 5.46. The number of benzene rings is 2. The first-order chi connectivity index (χ1) is 30.1. The van der Waals surface area contributed by atoms with E-state index in [0.717, 1.165) is 12.8 Å². The van der Waals surface area contributed by atoms with Crippen LogP contribution in [0.2, 0.25) is 20.1 Å². The van der Waals surface area contributed by atoms with Crippen LogP contribution in [0.3, 0.4) is 0 Å². The van der Waals surface area contributed by atoms with E-state index in [1.165, 1.54) is 59.9 Å². The fourth-order valence-corrected chi connectivity index (χ4v) is 8.81. The molecule has 0 saturated heterocycles. The summed E-state index contributed by atoms with van der Waals surface area (Å²) >= 11 is 52.5. The van der Waals surface area contributed by atoms with Gasteiger partial charge < -0.3 is 23.7 Å². The first-order valence-electron chi connectivity index (χ1n) is 18.8. The van der Waals surface area contributed by atoms with Gasteiger partial charge in [-0.05, 0) is 60.8 Å². The number of nitrogens with zero attached hydrogens (tertiary/aromatic N) is 4. The van der Waals surface area contributed by atoms with Crippen LogP contribution in [0.25, 0.3) is 0 Å². The Morgan fingerprint density at radius 2 is 1.02 bits per heavy atom. The minimum Gasteiger partial charge on any atom is -0.489 e. The van der Waals surface area contributed by atoms with Crippen LogP contribution in [0.5, 0.6) is 23.3 Å². The van der Waals surface area contributed by atoms with E-state index in [0.29, 0.717) is 34.1 Å². The molecule has 0 spiro atoms. The molecule has 0 aliphatic heterocycles. The van der Waals surface area contributed by atoms with E-state index in [9.17, 15) is 20.2 Å². The van der Waals surface area contributed by atoms with Crippen LogP contribution < -0.4 is 18.9 Å². The van der Waals surface area contributed by atoms with Crippen LogP contribution in [-0.4, -0.2) is 57.7 Å². The lowest BCUT2D eigenvalue weighted by Crippen LogP contribution is -2.16. The molecule has 2 aromatic heterocycles. The third kappa shape index (κ3) is 16.9. The maximum absolute atomic E-state index is 11.8. The van der Waals surface area contributed by atoms with Gasteiger partial charge in [0.15, 0.2) is 10.1 Å². The molecule has 0 bridgehead atoms. The highest BCUT2D eigenvalue weighted by molar-refractivity contribution is 7.99. The SMILES string of the molecule is CCCSc1nc(OC(CCOCCC(Oc2ccc([N+](=O)[O-])c(SCCC)n2)c2c(Cl)cc(OCC=C(Cl)Cl)cc2Cl)c2c(Cl)cc(OCC=C(Cl)Cl)cc2Cl)ccc1[N+](=O)[O-]. The monoisotopic (exact) mass is 1060 g/mol. The molecule has 0 radical (unpaired) electrons. The van der Waals surface area contributed by atoms with Crippen LogP contribution in [0, 0.1) is 20.2 Å². The second-order valence-corrected chi connectivity index (χ2v) is 18.6. The van der Waals surface area contributed by atoms with Crippen LogP contribution in [0.15, 0.2) is 79.7 Å². The number of halogens is 8. The Balaban J connectivity index is 1.62. The van der Waals surface area contributed by atoms with Gasteiger partial charge in [0.25, 0.3) is 0 Å². The van der Waals surface area contributed by atoms with Crippen LogP contribution >= 0.6 is 116 Å². The van der Waals surface area contributed by atoms with E-state index in [-0.39, 0.29) is 102 Å². The number of ether oxygens (including phenoxy) is 5. The zero-order chi connectivity index (χ0) is 46.1. The number of rotatable bonds is 26. The molecule has 2 heterocycles. The summed E-state index contributed by atoms with van der Waals surface area (Å²) < 4.78 is 30.3. The third-order valence-corrected chi connectivity index (χ3v) is 12.4. The maximum Gasteiger partial charge on any atom is 0.301 e. The van der Waals surface area contributed by atoms with Crippen LogP contribution in [-0.2, 0) is 4.74 Å². The van der Waals surface area contributed by atoms with Gasteiger partial charge >= 0.3 is 11.4 Å². The van der Waals surface area contributed by atoms with Crippen molar-refractivity contribution in [1.29, 1.82) is 0 Å². The van der Waals surface area contributed by atoms with Crippen molar-refractivity contribution < 1.29 is 33.5 Å². The standard InChI is InChI=1S/C40H38Cl8N4O9S2/c1-3-17-62-39-29(51(53)54)5-7-35(49-39)60-31(37-25(41)19-23(20-26(37)42)58-15-11-33(45)46)9-13-57-14-10-32(38-27(43)21-24(22-28(38)44)59-16-12-34(47)48)61-36-8-6-30(52(55)56)40(50-36)63-18-4-2/h5-8,11-12,19-22,31-32H,3-4,9-10,13-18H2,1-2H3. The van der Waals surface area contributed by atoms with Gasteiger partial charge in [0.1, 0.15) is 45.9 Å². The van der Waals surface area contributed by atoms with Crippen molar-refractivity contribution in [2.75, 3.05) is 37.9 Å². The molecule has 0 amide bonds. The predicted octanol–water partition coefficient (Wildman–Crippen LogP) is 15.0. The Morgan fingerprint density at radius 1 is 0.651 bits per heavy atom. The lowest BCUT2D eigenvalue weighted by Gasteiger charge is -2.23. The quantitative estimate of drug-likeness (QED) is 0.0253. The summed E-state index contributed by atoms with van der Waals surface area (Å²) in [6.45, 7) is 4.15. The molecule has 23 heteroatoms. The summed E-state index contributed by atoms with van der Waals surface area (Å²) in [7, 11) is 0. The maximum atomic E-state index is 11.8. The zero-order valence-corrected chi connectivity index (χ0v) is 41.0. The number of nitro groups is 2. The molecule has 340 valence electrons. The molecule has 0 aliphatic rings. The molecular formula is C40H38Cl8N4O9S2. The summed E-state index contributed by atoms with van der Waals surface area (Å²) in [5, 5.41) is 24.7. The summed E-state index contributed by atoms with van der Waals surface area (Å²) in [6.07, 6.45) is 3.01. The van der Waals surface area contributed by atoms with Crippen molar-refractivity contribution in [2.45, 2.75) is 61.8 Å². The van der Waals surface area contributed by atoms with Gasteiger partial charge in [-0.15, -0.1) is 0 Å². The molecule has 0 saturated carbocycles. The molecule has 13 nitrogen and oxygen atoms in total. The lowest BCUT2D eigenvalue weighted by molar-refractivity contribution is -0.388. The van der Waals surface area contributed by atoms with Crippen molar-refractivity contribution in [3.63, 3.8) is 0 Å². The highest BCUT2D eigenvalue weighted by Crippen LogP contribution is 2.41. The van der Waals surface area contributed by atoms with Crippen molar-refractivity contribution >= 4 is 128 Å². The second kappa shape index (κ2) is 27.0. The van der Waals surface area contributed by atoms with Gasteiger partial charge in [-0.1, -0.05) is 130 Å². The van der Waals surface area contributed by atoms with E-state index in [2.05, 4.69) is 9.97 Å². The first-order valence-corrected chi connectivity index (χ1v) is 23.8. The fraction of sp³-hybridized carbons (Fsp3) is 0.350. The molecule has 4 aromatic rings. The number of hydrogen-bond acceptors (Lipinski definition) is 13. The van der Waals surface area contributed by atoms with Crippen molar-refractivity contribution in [1.82, 2.24) is 9.97 Å². The lowest BCUT2D eigenvalue weighted by atomic mass is 10.1. The molecule has 0 fully saturated rings. The van der Waals surface area contributed by atoms with Gasteiger partial charge in [-0.25, -0.2) is 0 Å². The normalized spacial score (nSPS) is 12.0. The third-order valence-electron chi connectivity index (χ3n) is 8.21. The highest BCUT2D eigenvalue weighted by Gasteiger charge is 2.27. The average Bonchev–Trinajstić information content (AvgIpc) is 3.21. The Bertz CT molecular complexity index is 2070. The minimum absolute atomic E-state index is 0.0254. The second-order valence-electron chi connectivity index (χ2n) is 12.8. The topological polar surface area (TPSA) is 158 Å². The van der Waals surface area contributed by atoms with Crippen molar-refractivity contribution in [2.24, 2.45) is 0 Å². The van der Waals surface area contributed by atoms with Crippen LogP contribution in [0.1, 0.15) is 62.9 Å². The van der Waals surface area contributed by atoms with Gasteiger partial charge in [0, 0.05) is 48.2 Å². The van der Waals surface area contributed by atoms with E-state index < -0.39 is 22.1 Å². The van der Waals surface area contributed by atoms with Gasteiger partial charge in [0.05, 0.1) is 43.2 Å². The van der Waals surface area contributed by atoms with Gasteiger partial charge in [-0.3, -0.25) is 20.2 Å². The smallest absolute Gasteiger partial charge is 0.301 e. The van der Waals surface area contributed by atoms with E-state index in [1.807, 2.05) is 13.8 Å². The summed E-state index contributed by atoms with van der Waals surface area (Å²) in [4.78, 5) is 31.5. The predicted molar refractivity (Wildman–Crippen MR) is 254 cm³/mol. The molecule has 2 aromatic carbocycles. The molecular weight excluding hydrogens is 1030 g/mol. The molecule has 63 heavy (non-hydrogen) atoms. The summed E-state index contributed by atoms with van der Waals surface area (Å²) in [5.74, 6) is 2.05. The van der Waals surface area contributed by atoms with E-state index >= 15 is 0 Å². The largest absolute Gasteiger partial charge is 0.489 e. The number of hydrogen-bond donors (Lipinski definition) is 0. The minimum atomic E-state index is -0.871. The number of thioether (sulfide) groups is 2. The Kier molecular flexibility index (Phi) is 22.6. The Hall–Kier alpha value is -2.80. The first kappa shape index (κ1) is 52.8. The number of aromatic nitrogens is 2. The zero-order valence-electron chi connectivity index (χ0n) is 33.3. The molecule has 0 N–H and O–H groups in total. The average molecular weight is 1070 g/mol. The molecule has 0 aliphatic carbocycles. The van der Waals surface area contributed by atoms with E-state index in [1.54, 1.807) is 24.3 Å². The summed E-state index contributed by atoms with van der Waals surface area (Å²) in [5.41, 5.74) is 0.457. The van der Waals surface area contributed by atoms with Gasteiger partial charge in [0.2, 0.25) is 11.8 Å². The van der Waals surface area contributed by atoms with Crippen molar-refractivity contribution in [3.05, 3.63) is 121 Å². The summed E-state index contributed by atoms with van der Waals surface area (Å²) in [6, 6.07) is 11.7. The van der Waals surface area contributed by atoms with E-state index in [4.69, 9.17) is 116 Å². The van der Waals surface area contributed by atoms with Crippen molar-refractivity contribution in [3.8, 4) is 23.3 Å². The molecule has 2 atom stereocenters. The number of pyridine rings is 2.